The van der Waals surface area contributed by atoms with Crippen molar-refractivity contribution < 1.29 is 0 Å². The maximum atomic E-state index is 13.0. The molecule has 2 atom stereocenters. The van der Waals surface area contributed by atoms with Crippen molar-refractivity contribution in [3.8, 4) is 56.5 Å². The molecule has 3 N–H and O–H groups in total. The Kier molecular flexibility index (Phi) is 26.0. The average molecular weight is 1960 g/mol. The summed E-state index contributed by atoms with van der Waals surface area (Å²) in [5.41, 5.74) is 26.7. The molecule has 146 heavy (non-hydrogen) atoms. The third-order valence-electron chi connectivity index (χ3n) is 28.3. The second-order valence-electron chi connectivity index (χ2n) is 39.4. The summed E-state index contributed by atoms with van der Waals surface area (Å²) in [6.07, 6.45) is 19.2. The molecule has 37 heteroatoms. The first-order valence-electron chi connectivity index (χ1n) is 49.9. The van der Waals surface area contributed by atoms with E-state index in [1.54, 1.807) is 75.4 Å². The van der Waals surface area contributed by atoms with E-state index in [2.05, 4.69) is 151 Å². The minimum absolute atomic E-state index is 0.0635. The van der Waals surface area contributed by atoms with Gasteiger partial charge in [0.05, 0.1) is 120 Å². The van der Waals surface area contributed by atoms with Crippen LogP contribution in [0.25, 0.3) is 129 Å². The Hall–Kier alpha value is -16.1. The number of rotatable bonds is 14. The quantitative estimate of drug-likeness (QED) is 0.0910. The lowest BCUT2D eigenvalue weighted by molar-refractivity contribution is 0.183. The summed E-state index contributed by atoms with van der Waals surface area (Å²) in [6, 6.07) is 46.0. The smallest absolute Gasteiger partial charge is 0.258 e. The maximum Gasteiger partial charge on any atom is 0.258 e. The molecule has 0 radical (unpaired) electrons. The normalized spacial score (nSPS) is 15.8. The number of pyridine rings is 5. The van der Waals surface area contributed by atoms with Crippen LogP contribution in [-0.2, 0) is 21.1 Å². The van der Waals surface area contributed by atoms with Gasteiger partial charge in [0, 0.05) is 250 Å². The van der Waals surface area contributed by atoms with E-state index < -0.39 is 0 Å². The second-order valence-corrected chi connectivity index (χ2v) is 39.4. The lowest BCUT2D eigenvalue weighted by atomic mass is 10.1. The molecule has 5 aliphatic rings. The lowest BCUT2D eigenvalue weighted by Gasteiger charge is -2.46. The number of hydrogen-bond donors (Lipinski definition) is 3. The van der Waals surface area contributed by atoms with Crippen LogP contribution in [-0.4, -0.2) is 258 Å². The first kappa shape index (κ1) is 96.1. The van der Waals surface area contributed by atoms with Gasteiger partial charge < -0.3 is 45.3 Å². The molecule has 22 heterocycles. The van der Waals surface area contributed by atoms with Gasteiger partial charge >= 0.3 is 0 Å². The fourth-order valence-electron chi connectivity index (χ4n) is 20.5. The molecule has 0 unspecified atom stereocenters. The van der Waals surface area contributed by atoms with Gasteiger partial charge in [0.25, 0.3) is 27.8 Å². The summed E-state index contributed by atoms with van der Waals surface area (Å²) in [4.78, 5) is 114. The lowest BCUT2D eigenvalue weighted by Crippen LogP contribution is -2.59. The van der Waals surface area contributed by atoms with E-state index in [0.717, 1.165) is 233 Å². The number of anilines is 5. The fourth-order valence-corrected chi connectivity index (χ4v) is 20.5. The Labute approximate surface area is 841 Å². The molecule has 0 spiro atoms. The van der Waals surface area contributed by atoms with E-state index in [1.807, 2.05) is 223 Å². The zero-order chi connectivity index (χ0) is 101. The van der Waals surface area contributed by atoms with Gasteiger partial charge in [-0.1, -0.05) is 32.0 Å². The molecule has 17 aromatic heterocycles. The predicted molar refractivity (Wildman–Crippen MR) is 577 cm³/mol. The van der Waals surface area contributed by atoms with Gasteiger partial charge in [-0.2, -0.15) is 25.5 Å². The molecule has 5 fully saturated rings. The van der Waals surface area contributed by atoms with Gasteiger partial charge in [-0.25, -0.2) is 34.0 Å². The Balaban J connectivity index is 0.000000107. The minimum Gasteiger partial charge on any atom is -0.368 e. The van der Waals surface area contributed by atoms with Crippen LogP contribution in [0.2, 0.25) is 0 Å². The number of fused-ring (bicyclic) bond motifs is 10. The van der Waals surface area contributed by atoms with Crippen LogP contribution in [0.4, 0.5) is 28.4 Å². The highest BCUT2D eigenvalue weighted by atomic mass is 16.1. The van der Waals surface area contributed by atoms with Gasteiger partial charge in [-0.05, 0) is 197 Å². The van der Waals surface area contributed by atoms with Crippen LogP contribution in [0, 0.1) is 48.5 Å². The number of nitrogens with zero attached hydrogens (tertiary/aromatic N) is 29. The first-order chi connectivity index (χ1) is 70.4. The molecule has 0 saturated carbocycles. The van der Waals surface area contributed by atoms with Crippen LogP contribution in [0.5, 0.6) is 0 Å². The Morgan fingerprint density at radius 2 is 0.678 bits per heavy atom. The SMILES string of the molecule is CCN(CC)C1CN(c2ccc3nc(-c4cc5c(C)nc(C)cn5n4)cc(=O)n3c2)C1.Cc1cc(N2CCNCC2)cn2c(=O)cc(-c3ccc4nn(C)cc4c3)nc12.Cc1cc(N2CCN[C@@H](C)C2)cn2c(=O)cc(-c3ccc4nn(C)cc4c3)nc12.Cc1cc(N2CCN[C@H](C)C2)cn2c(=O)cc(-c3ccc4nn(C)cc4c3)nc12.Cc1cn2nc(-c3cc(=O)n4cc(N5CC(N(C)C)C5)ccc4n3)cc2c(C)n1. The first-order valence-corrected chi connectivity index (χ1v) is 49.9. The topological polar surface area (TPSA) is 344 Å². The predicted octanol–water partition coefficient (Wildman–Crippen LogP) is 11.0. The number of hydrogen-bond acceptors (Lipinski definition) is 27. The Bertz CT molecular complexity index is 8600. The Morgan fingerprint density at radius 3 is 1.05 bits per heavy atom. The summed E-state index contributed by atoms with van der Waals surface area (Å²) in [5.74, 6) is 0. The number of benzene rings is 3. The summed E-state index contributed by atoms with van der Waals surface area (Å²) >= 11 is 0. The van der Waals surface area contributed by atoms with E-state index >= 15 is 0 Å². The van der Waals surface area contributed by atoms with Crippen molar-refractivity contribution in [1.29, 1.82) is 0 Å². The van der Waals surface area contributed by atoms with Gasteiger partial charge in [0.15, 0.2) is 0 Å². The molecular formula is C109H120N32O5. The van der Waals surface area contributed by atoms with Gasteiger partial charge in [0.1, 0.15) is 39.6 Å². The van der Waals surface area contributed by atoms with Crippen LogP contribution in [0.15, 0.2) is 225 Å². The second kappa shape index (κ2) is 39.6. The van der Waals surface area contributed by atoms with E-state index in [4.69, 9.17) is 19.9 Å². The summed E-state index contributed by atoms with van der Waals surface area (Å²) < 4.78 is 17.2. The fraction of sp³-hybridized carbons (Fsp3) is 0.330. The highest BCUT2D eigenvalue weighted by Crippen LogP contribution is 2.34. The summed E-state index contributed by atoms with van der Waals surface area (Å²) in [7, 11) is 9.90. The van der Waals surface area contributed by atoms with Crippen molar-refractivity contribution in [2.24, 2.45) is 21.1 Å². The Morgan fingerprint density at radius 1 is 0.329 bits per heavy atom. The van der Waals surface area contributed by atoms with Crippen molar-refractivity contribution in [2.75, 3.05) is 143 Å². The number of aromatic nitrogens is 22. The van der Waals surface area contributed by atoms with E-state index in [0.29, 0.717) is 92.3 Å². The van der Waals surface area contributed by atoms with Crippen molar-refractivity contribution in [1.82, 2.24) is 131 Å². The van der Waals surface area contributed by atoms with Crippen LogP contribution in [0.3, 0.4) is 0 Å². The molecule has 20 aromatic rings. The molecule has 0 bridgehead atoms. The zero-order valence-corrected chi connectivity index (χ0v) is 85.2. The average Bonchev–Trinajstić information content (AvgIpc) is 0.874. The van der Waals surface area contributed by atoms with Gasteiger partial charge in [0.2, 0.25) is 0 Å². The number of nitrogens with one attached hydrogen (secondary N) is 3. The van der Waals surface area contributed by atoms with Crippen molar-refractivity contribution in [3.63, 3.8) is 0 Å². The highest BCUT2D eigenvalue weighted by molar-refractivity contribution is 5.87. The molecule has 37 nitrogen and oxygen atoms in total. The molecule has 5 aliphatic heterocycles. The molecule has 746 valence electrons. The van der Waals surface area contributed by atoms with Crippen molar-refractivity contribution in [3.05, 3.63) is 293 Å². The van der Waals surface area contributed by atoms with E-state index in [-0.39, 0.29) is 27.8 Å². The largest absolute Gasteiger partial charge is 0.368 e. The molecule has 0 aliphatic carbocycles. The molecular weight excluding hydrogens is 1840 g/mol. The summed E-state index contributed by atoms with van der Waals surface area (Å²) in [6.45, 7) is 38.0. The third-order valence-corrected chi connectivity index (χ3v) is 28.3. The van der Waals surface area contributed by atoms with Crippen LogP contribution < -0.4 is 68.2 Å². The van der Waals surface area contributed by atoms with E-state index in [1.165, 1.54) is 0 Å². The van der Waals surface area contributed by atoms with Crippen LogP contribution >= 0.6 is 0 Å². The monoisotopic (exact) mass is 1960 g/mol. The number of piperazine rings is 3. The standard InChI is InChI=1S/C23H27N7O.2C22H24N6O.C21H23N7O.C21H22N6O/c1-5-27(6-2)18-12-28(13-18)17-7-8-22-25-19(10-23(31)29(22)14-17)20-9-21-16(4)24-15(3)11-30(21)26-20;2*1-14-8-18(27-7-6-23-15(2)11-27)13-28-21(29)10-20(24-22(14)28)16-4-5-19-17(9-16)12-26(3)25-19;1-13-9-28-19(14(2)22-13)7-18(24-28)17-8-21(29)27-12-15(5-6-20(27)23-17)26-10-16(11-26)25(3)4;1-14-9-17(26-7-5-22-6-8-26)13-27-20(28)11-19(23-21(14)27)15-3-4-18-16(10-15)12-25(2)24-18/h7-11,14,18H,5-6,12-13H2,1-4H3;2*4-5,8-10,12-13,15,23H,6-7,11H2,1-3H3;5-9,12,16H,10-11H2,1-4H3;3-4,9-13,22H,5-8H2,1-2H3/t;2*15-;;/m.10../s1. The highest BCUT2D eigenvalue weighted by Gasteiger charge is 2.33. The zero-order valence-electron chi connectivity index (χ0n) is 85.2. The number of aryl methyl sites for hydroxylation is 10. The number of likely N-dealkylation sites (N-methyl/N-ethyl adjacent to an activating group) is 2. The molecule has 0 amide bonds. The maximum absolute atomic E-state index is 13.0. The van der Waals surface area contributed by atoms with Gasteiger partial charge in [-0.15, -0.1) is 0 Å². The summed E-state index contributed by atoms with van der Waals surface area (Å²) in [5, 5.41) is 35.8. The molecule has 5 saturated heterocycles. The van der Waals surface area contributed by atoms with Crippen molar-refractivity contribution in [2.45, 2.75) is 100 Å². The third kappa shape index (κ3) is 19.5. The molecule has 3 aromatic carbocycles. The van der Waals surface area contributed by atoms with E-state index in [9.17, 15) is 24.0 Å². The molecule has 25 rings (SSSR count). The minimum atomic E-state index is -0.111. The van der Waals surface area contributed by atoms with Crippen LogP contribution in [0.1, 0.15) is 67.2 Å². The van der Waals surface area contributed by atoms with Crippen molar-refractivity contribution >= 4 is 100 Å². The van der Waals surface area contributed by atoms with Gasteiger partial charge in [-0.3, -0.25) is 74.9 Å².